The Balaban J connectivity index is 0.715. The van der Waals surface area contributed by atoms with Gasteiger partial charge < -0.3 is 44.6 Å². The molecule has 3 aromatic heterocycles. The fourth-order valence-corrected chi connectivity index (χ4v) is 12.2. The number of rotatable bonds is 16. The van der Waals surface area contributed by atoms with Gasteiger partial charge in [-0.25, -0.2) is 22.0 Å². The maximum atomic E-state index is 17.2. The Morgan fingerprint density at radius 3 is 2.43 bits per heavy atom. The number of phenolic OH excluding ortho intramolecular Hbond substituents is 1. The van der Waals surface area contributed by atoms with Gasteiger partial charge in [-0.15, -0.1) is 6.42 Å². The first-order valence-corrected chi connectivity index (χ1v) is 28.1. The van der Waals surface area contributed by atoms with Gasteiger partial charge in [-0.05, 0) is 104 Å². The summed E-state index contributed by atoms with van der Waals surface area (Å²) < 4.78 is 93.0. The van der Waals surface area contributed by atoms with E-state index in [-0.39, 0.29) is 99.2 Å². The smallest absolute Gasteiger partial charge is 0.319 e. The van der Waals surface area contributed by atoms with Crippen LogP contribution in [0.5, 0.6) is 17.6 Å². The maximum absolute atomic E-state index is 17.2. The summed E-state index contributed by atoms with van der Waals surface area (Å²) in [5.74, 6) is -2.97. The Morgan fingerprint density at radius 1 is 0.940 bits per heavy atom. The van der Waals surface area contributed by atoms with Crippen molar-refractivity contribution in [3.63, 3.8) is 0 Å². The molecule has 2 bridgehead atoms. The predicted octanol–water partition coefficient (Wildman–Crippen LogP) is 9.21. The standard InChI is InChI=1S/C62H64F5N9O7/c1-6-43-46(64)12-11-38-22-41(77)25-44(53(38)43)56-55(67)57-45(29-69-56)58(75-16-13-35-21-40(30-75)68-28-35)72-61(71-57)81-20-19-74-17-14-62(5,15-18-74)32-82-51-27-50(83-73-51)52(33(2)3)60(80)76-31-42(78)26-49(76)59(79)70-34(4)36-7-9-37(10-8-36)54-47(65)23-39(63)24-48(54)66/h1,7-12,22-25,27,29,33-35,40,42,49,52,68,77-78H,13-21,26,28,30-32H2,2-5H3,(H,70,79)/t34-,35?,40?,42+,49-,52+/m0/s1. The van der Waals surface area contributed by atoms with Gasteiger partial charge >= 0.3 is 6.01 Å². The summed E-state index contributed by atoms with van der Waals surface area (Å²) in [6, 6.07) is 13.0. The number of ether oxygens (including phenoxy) is 2. The minimum atomic E-state index is -1.04. The first-order chi connectivity index (χ1) is 39.8. The Morgan fingerprint density at radius 2 is 1.70 bits per heavy atom. The number of amides is 2. The number of hydrogen-bond acceptors (Lipinski definition) is 14. The van der Waals surface area contributed by atoms with E-state index < -0.39 is 65.0 Å². The fraction of sp³-hybridized carbons (Fsp3) is 0.419. The number of nitrogens with one attached hydrogen (secondary N) is 2. The van der Waals surface area contributed by atoms with E-state index in [0.717, 1.165) is 32.2 Å². The molecular weight excluding hydrogens is 1080 g/mol. The van der Waals surface area contributed by atoms with Crippen LogP contribution in [-0.2, 0) is 9.59 Å². The van der Waals surface area contributed by atoms with Crippen molar-refractivity contribution >= 4 is 39.3 Å². The van der Waals surface area contributed by atoms with Crippen LogP contribution in [0.4, 0.5) is 27.8 Å². The molecule has 0 spiro atoms. The molecule has 21 heteroatoms. The van der Waals surface area contributed by atoms with Crippen molar-refractivity contribution in [1.82, 2.24) is 40.5 Å². The van der Waals surface area contributed by atoms with Crippen LogP contribution < -0.4 is 25.0 Å². The topological polar surface area (TPSA) is 192 Å². The van der Waals surface area contributed by atoms with E-state index in [9.17, 15) is 33.0 Å². The summed E-state index contributed by atoms with van der Waals surface area (Å²) in [6.07, 6.45) is 9.81. The highest BCUT2D eigenvalue weighted by Gasteiger charge is 2.44. The van der Waals surface area contributed by atoms with Gasteiger partial charge in [0.2, 0.25) is 11.8 Å². The number of fused-ring (bicyclic) bond motifs is 4. The Hall–Kier alpha value is -7.93. The summed E-state index contributed by atoms with van der Waals surface area (Å²) >= 11 is 0. The molecule has 11 rings (SSSR count). The lowest BCUT2D eigenvalue weighted by Crippen LogP contribution is -2.48. The lowest BCUT2D eigenvalue weighted by molar-refractivity contribution is -0.141. The molecule has 4 aliphatic heterocycles. The van der Waals surface area contributed by atoms with Crippen LogP contribution in [-0.4, -0.2) is 129 Å². The van der Waals surface area contributed by atoms with Crippen molar-refractivity contribution in [2.75, 3.05) is 63.9 Å². The number of β-amino-alcohol motifs (C(OH)–C–C–N with tert-alkyl or cyclic N) is 1. The number of piperidine rings is 1. The van der Waals surface area contributed by atoms with Crippen LogP contribution >= 0.6 is 0 Å². The lowest BCUT2D eigenvalue weighted by Gasteiger charge is -2.38. The van der Waals surface area contributed by atoms with E-state index in [4.69, 9.17) is 25.4 Å². The average molecular weight is 1140 g/mol. The van der Waals surface area contributed by atoms with Gasteiger partial charge in [0.15, 0.2) is 11.6 Å². The van der Waals surface area contributed by atoms with Gasteiger partial charge in [0.1, 0.15) is 64.6 Å². The monoisotopic (exact) mass is 1140 g/mol. The third kappa shape index (κ3) is 11.7. The second-order valence-corrected chi connectivity index (χ2v) is 23.2. The number of terminal acetylenes is 1. The van der Waals surface area contributed by atoms with Crippen molar-refractivity contribution in [2.24, 2.45) is 17.3 Å². The van der Waals surface area contributed by atoms with E-state index in [2.05, 4.69) is 48.4 Å². The predicted molar refractivity (Wildman–Crippen MR) is 300 cm³/mol. The fourth-order valence-electron chi connectivity index (χ4n) is 12.2. The summed E-state index contributed by atoms with van der Waals surface area (Å²) in [5.41, 5.74) is 0.0114. The van der Waals surface area contributed by atoms with Crippen molar-refractivity contribution in [3.05, 3.63) is 119 Å². The second-order valence-electron chi connectivity index (χ2n) is 23.2. The Kier molecular flexibility index (Phi) is 16.0. The molecule has 0 aliphatic carbocycles. The van der Waals surface area contributed by atoms with Crippen molar-refractivity contribution < 1.29 is 55.8 Å². The molecule has 4 saturated heterocycles. The van der Waals surface area contributed by atoms with Crippen LogP contribution in [0, 0.1) is 58.7 Å². The molecule has 83 heavy (non-hydrogen) atoms. The summed E-state index contributed by atoms with van der Waals surface area (Å²) in [7, 11) is 0. The van der Waals surface area contributed by atoms with E-state index >= 15 is 8.78 Å². The zero-order valence-electron chi connectivity index (χ0n) is 46.4. The third-order valence-corrected chi connectivity index (χ3v) is 16.9. The molecule has 4 N–H and O–H groups in total. The first-order valence-electron chi connectivity index (χ1n) is 28.1. The number of halogens is 5. The molecule has 2 amide bonds. The molecule has 434 valence electrons. The number of likely N-dealkylation sites (tertiary alicyclic amines) is 2. The maximum Gasteiger partial charge on any atom is 0.319 e. The summed E-state index contributed by atoms with van der Waals surface area (Å²) in [4.78, 5) is 48.0. The lowest BCUT2D eigenvalue weighted by atomic mass is 9.81. The van der Waals surface area contributed by atoms with Crippen molar-refractivity contribution in [1.29, 1.82) is 0 Å². The van der Waals surface area contributed by atoms with Crippen molar-refractivity contribution in [3.8, 4) is 52.4 Å². The van der Waals surface area contributed by atoms with E-state index in [1.807, 2.05) is 13.8 Å². The summed E-state index contributed by atoms with van der Waals surface area (Å²) in [6.45, 7) is 12.2. The number of benzene rings is 4. The summed E-state index contributed by atoms with van der Waals surface area (Å²) in [5, 5.41) is 33.2. The molecule has 2 unspecified atom stereocenters. The van der Waals surface area contributed by atoms with Crippen LogP contribution in [0.15, 0.2) is 77.4 Å². The van der Waals surface area contributed by atoms with Crippen LogP contribution in [0.2, 0.25) is 0 Å². The van der Waals surface area contributed by atoms with Crippen molar-refractivity contribution in [2.45, 2.75) is 89.9 Å². The molecule has 7 heterocycles. The Labute approximate surface area is 476 Å². The number of aromatic nitrogens is 4. The molecule has 4 aliphatic rings. The number of phenols is 1. The molecule has 0 radical (unpaired) electrons. The van der Waals surface area contributed by atoms with Crippen LogP contribution in [0.25, 0.3) is 44.1 Å². The zero-order valence-corrected chi connectivity index (χ0v) is 46.4. The molecule has 16 nitrogen and oxygen atoms in total. The number of nitrogens with zero attached hydrogens (tertiary/aromatic N) is 7. The number of pyridine rings is 1. The van der Waals surface area contributed by atoms with Gasteiger partial charge in [0.25, 0.3) is 5.88 Å². The van der Waals surface area contributed by atoms with E-state index in [0.29, 0.717) is 79.5 Å². The van der Waals surface area contributed by atoms with E-state index in [1.165, 1.54) is 47.5 Å². The van der Waals surface area contributed by atoms with Gasteiger partial charge in [0.05, 0.1) is 35.3 Å². The highest BCUT2D eigenvalue weighted by molar-refractivity contribution is 6.03. The number of carbonyl (C=O) groups is 2. The van der Waals surface area contributed by atoms with Crippen LogP contribution in [0.1, 0.15) is 88.6 Å². The number of aliphatic hydroxyl groups excluding tert-OH is 1. The number of anilines is 1. The molecule has 0 saturated carbocycles. The number of aliphatic hydroxyl groups is 1. The van der Waals surface area contributed by atoms with Crippen LogP contribution in [0.3, 0.4) is 0 Å². The highest BCUT2D eigenvalue weighted by atomic mass is 19.2. The molecule has 4 aromatic carbocycles. The van der Waals surface area contributed by atoms with Gasteiger partial charge in [-0.3, -0.25) is 19.5 Å². The third-order valence-electron chi connectivity index (χ3n) is 16.9. The first kappa shape index (κ1) is 56.9. The largest absolute Gasteiger partial charge is 0.508 e. The molecule has 4 fully saturated rings. The van der Waals surface area contributed by atoms with E-state index in [1.54, 1.807) is 25.1 Å². The number of aromatic hydroxyl groups is 1. The van der Waals surface area contributed by atoms with Gasteiger partial charge in [-0.2, -0.15) is 9.97 Å². The second kappa shape index (κ2) is 23.4. The molecular formula is C62H64F5N9O7. The number of hydrogen-bond donors (Lipinski definition) is 4. The SMILES string of the molecule is C#Cc1c(F)ccc2cc(O)cc(-c3ncc4c(N5CCC6CNC(C6)C5)nc(OCCN5CCC(C)(COc6cc([C@H](C(=O)N7C[C@H](O)C[C@H]7C(=O)N[C@@H](C)c7ccc(-c8c(F)cc(F)cc8F)cc7)C(C)C)on6)CC5)nc4c3F)c12. The number of carbonyl (C=O) groups excluding carboxylic acids is 2. The quantitative estimate of drug-likeness (QED) is 0.0529. The zero-order chi connectivity index (χ0) is 58.4. The average Bonchev–Trinajstić information content (AvgIpc) is 4.40. The molecule has 7 aromatic rings. The molecule has 6 atom stereocenters. The minimum Gasteiger partial charge on any atom is -0.508 e. The minimum absolute atomic E-state index is 0.00500. The normalized spacial score (nSPS) is 20.6. The van der Waals surface area contributed by atoms with Gasteiger partial charge in [-0.1, -0.05) is 57.0 Å². The highest BCUT2D eigenvalue weighted by Crippen LogP contribution is 2.41. The van der Waals surface area contributed by atoms with Gasteiger partial charge in [0, 0.05) is 79.4 Å². The Bertz CT molecular complexity index is 3620.